The average molecular weight is 295 g/mol. The Morgan fingerprint density at radius 1 is 1.33 bits per heavy atom. The van der Waals surface area contributed by atoms with Crippen molar-refractivity contribution >= 4 is 39.8 Å². The van der Waals surface area contributed by atoms with Crippen LogP contribution >= 0.6 is 28.3 Å². The lowest BCUT2D eigenvalue weighted by Crippen LogP contribution is -2.43. The summed E-state index contributed by atoms with van der Waals surface area (Å²) in [6.45, 7) is 3.89. The SMILES string of the molecule is Cl.Nc1nnc(Br)cc1N1CCNCC1. The zero-order valence-corrected chi connectivity index (χ0v) is 10.5. The summed E-state index contributed by atoms with van der Waals surface area (Å²) >= 11 is 3.29. The van der Waals surface area contributed by atoms with E-state index in [1.54, 1.807) is 0 Å². The molecule has 15 heavy (non-hydrogen) atoms. The number of halogens is 2. The summed E-state index contributed by atoms with van der Waals surface area (Å²) in [7, 11) is 0. The maximum absolute atomic E-state index is 5.76. The molecule has 0 unspecified atom stereocenters. The van der Waals surface area contributed by atoms with Gasteiger partial charge in [0.25, 0.3) is 0 Å². The molecule has 1 aromatic heterocycles. The zero-order valence-electron chi connectivity index (χ0n) is 8.11. The molecule has 7 heteroatoms. The smallest absolute Gasteiger partial charge is 0.169 e. The molecular formula is C8H13BrClN5. The number of aromatic nitrogens is 2. The number of nitrogens with zero attached hydrogens (tertiary/aromatic N) is 3. The van der Waals surface area contributed by atoms with Crippen LogP contribution in [0.5, 0.6) is 0 Å². The highest BCUT2D eigenvalue weighted by molar-refractivity contribution is 9.10. The van der Waals surface area contributed by atoms with Crippen LogP contribution in [0.25, 0.3) is 0 Å². The number of rotatable bonds is 1. The number of nitrogens with two attached hydrogens (primary N) is 1. The predicted octanol–water partition coefficient (Wildman–Crippen LogP) is 0.653. The minimum Gasteiger partial charge on any atom is -0.380 e. The van der Waals surface area contributed by atoms with Crippen LogP contribution in [0, 0.1) is 0 Å². The first-order valence-electron chi connectivity index (χ1n) is 4.52. The van der Waals surface area contributed by atoms with Gasteiger partial charge in [-0.3, -0.25) is 0 Å². The number of hydrogen-bond donors (Lipinski definition) is 2. The van der Waals surface area contributed by atoms with E-state index in [1.807, 2.05) is 6.07 Å². The van der Waals surface area contributed by atoms with E-state index in [2.05, 4.69) is 36.3 Å². The molecule has 1 fully saturated rings. The molecule has 0 atom stereocenters. The Morgan fingerprint density at radius 2 is 2.00 bits per heavy atom. The van der Waals surface area contributed by atoms with Crippen molar-refractivity contribution in [3.05, 3.63) is 10.7 Å². The molecule has 1 aromatic rings. The third-order valence-electron chi connectivity index (χ3n) is 2.23. The fraction of sp³-hybridized carbons (Fsp3) is 0.500. The molecule has 2 rings (SSSR count). The summed E-state index contributed by atoms with van der Waals surface area (Å²) in [6, 6.07) is 1.91. The van der Waals surface area contributed by atoms with E-state index in [0.717, 1.165) is 36.5 Å². The molecule has 3 N–H and O–H groups in total. The van der Waals surface area contributed by atoms with Crippen LogP contribution in [0.4, 0.5) is 11.5 Å². The van der Waals surface area contributed by atoms with Gasteiger partial charge in [-0.1, -0.05) is 0 Å². The molecule has 84 valence electrons. The van der Waals surface area contributed by atoms with Crippen LogP contribution < -0.4 is 16.0 Å². The molecule has 0 saturated carbocycles. The van der Waals surface area contributed by atoms with Crippen LogP contribution in [-0.4, -0.2) is 36.4 Å². The monoisotopic (exact) mass is 293 g/mol. The molecule has 5 nitrogen and oxygen atoms in total. The van der Waals surface area contributed by atoms with Gasteiger partial charge in [0.05, 0.1) is 5.69 Å². The maximum Gasteiger partial charge on any atom is 0.169 e. The molecule has 2 heterocycles. The highest BCUT2D eigenvalue weighted by Crippen LogP contribution is 2.23. The fourth-order valence-corrected chi connectivity index (χ4v) is 1.82. The Kier molecular flexibility index (Phi) is 4.56. The Morgan fingerprint density at radius 3 is 2.67 bits per heavy atom. The second-order valence-electron chi connectivity index (χ2n) is 3.17. The molecule has 1 saturated heterocycles. The van der Waals surface area contributed by atoms with Gasteiger partial charge in [0.2, 0.25) is 0 Å². The van der Waals surface area contributed by atoms with E-state index >= 15 is 0 Å². The summed E-state index contributed by atoms with van der Waals surface area (Å²) in [6.07, 6.45) is 0. The van der Waals surface area contributed by atoms with Gasteiger partial charge in [-0.05, 0) is 22.0 Å². The molecule has 0 bridgehead atoms. The van der Waals surface area contributed by atoms with Crippen LogP contribution in [0.1, 0.15) is 0 Å². The quantitative estimate of drug-likeness (QED) is 0.796. The van der Waals surface area contributed by atoms with Crippen molar-refractivity contribution in [2.24, 2.45) is 0 Å². The van der Waals surface area contributed by atoms with Crippen LogP contribution in [0.15, 0.2) is 10.7 Å². The Hall–Kier alpha value is -0.590. The number of nitrogens with one attached hydrogen (secondary N) is 1. The fourth-order valence-electron chi connectivity index (χ4n) is 1.53. The van der Waals surface area contributed by atoms with Crippen molar-refractivity contribution in [2.45, 2.75) is 0 Å². The van der Waals surface area contributed by atoms with Crippen molar-refractivity contribution in [3.63, 3.8) is 0 Å². The van der Waals surface area contributed by atoms with Gasteiger partial charge in [-0.2, -0.15) is 0 Å². The van der Waals surface area contributed by atoms with Crippen molar-refractivity contribution < 1.29 is 0 Å². The Balaban J connectivity index is 0.00000112. The molecule has 0 radical (unpaired) electrons. The van der Waals surface area contributed by atoms with Crippen molar-refractivity contribution in [3.8, 4) is 0 Å². The predicted molar refractivity (Wildman–Crippen MR) is 66.5 cm³/mol. The first kappa shape index (κ1) is 12.5. The minimum absolute atomic E-state index is 0. The second kappa shape index (κ2) is 5.48. The molecule has 0 spiro atoms. The zero-order chi connectivity index (χ0) is 9.97. The summed E-state index contributed by atoms with van der Waals surface area (Å²) in [4.78, 5) is 2.21. The number of nitrogen functional groups attached to an aromatic ring is 1. The molecule has 1 aliphatic heterocycles. The number of piperazine rings is 1. The molecule has 0 amide bonds. The molecular weight excluding hydrogens is 281 g/mol. The highest BCUT2D eigenvalue weighted by atomic mass is 79.9. The normalized spacial score (nSPS) is 15.9. The lowest BCUT2D eigenvalue weighted by atomic mass is 10.3. The molecule has 0 aromatic carbocycles. The first-order valence-corrected chi connectivity index (χ1v) is 5.31. The van der Waals surface area contributed by atoms with Gasteiger partial charge in [0, 0.05) is 26.2 Å². The summed E-state index contributed by atoms with van der Waals surface area (Å²) in [5, 5.41) is 11.0. The van der Waals surface area contributed by atoms with Gasteiger partial charge in [0.15, 0.2) is 5.82 Å². The lowest BCUT2D eigenvalue weighted by Gasteiger charge is -2.29. The molecule has 1 aliphatic rings. The third kappa shape index (κ3) is 2.93. The summed E-state index contributed by atoms with van der Waals surface area (Å²) in [5.74, 6) is 0.495. The third-order valence-corrected chi connectivity index (χ3v) is 2.62. The van der Waals surface area contributed by atoms with Gasteiger partial charge in [-0.25, -0.2) is 0 Å². The Labute approximate surface area is 103 Å². The highest BCUT2D eigenvalue weighted by Gasteiger charge is 2.14. The summed E-state index contributed by atoms with van der Waals surface area (Å²) in [5.41, 5.74) is 6.73. The van der Waals surface area contributed by atoms with Gasteiger partial charge in [-0.15, -0.1) is 22.6 Å². The first-order chi connectivity index (χ1) is 6.77. The lowest BCUT2D eigenvalue weighted by molar-refractivity contribution is 0.588. The van der Waals surface area contributed by atoms with E-state index in [9.17, 15) is 0 Å². The van der Waals surface area contributed by atoms with E-state index in [1.165, 1.54) is 0 Å². The van der Waals surface area contributed by atoms with E-state index in [4.69, 9.17) is 5.73 Å². The maximum atomic E-state index is 5.76. The van der Waals surface area contributed by atoms with Crippen molar-refractivity contribution in [2.75, 3.05) is 36.8 Å². The average Bonchev–Trinajstić information content (AvgIpc) is 2.23. The topological polar surface area (TPSA) is 67.1 Å². The van der Waals surface area contributed by atoms with Gasteiger partial charge in [0.1, 0.15) is 4.60 Å². The van der Waals surface area contributed by atoms with Gasteiger partial charge >= 0.3 is 0 Å². The molecule has 0 aliphatic carbocycles. The minimum atomic E-state index is 0. The van der Waals surface area contributed by atoms with Crippen LogP contribution in [0.3, 0.4) is 0 Å². The van der Waals surface area contributed by atoms with E-state index < -0.39 is 0 Å². The van der Waals surface area contributed by atoms with E-state index in [-0.39, 0.29) is 12.4 Å². The van der Waals surface area contributed by atoms with Crippen LogP contribution in [0.2, 0.25) is 0 Å². The van der Waals surface area contributed by atoms with Crippen LogP contribution in [-0.2, 0) is 0 Å². The summed E-state index contributed by atoms with van der Waals surface area (Å²) < 4.78 is 0.722. The Bertz CT molecular complexity index is 329. The second-order valence-corrected chi connectivity index (χ2v) is 3.99. The van der Waals surface area contributed by atoms with Gasteiger partial charge < -0.3 is 16.0 Å². The van der Waals surface area contributed by atoms with Crippen molar-refractivity contribution in [1.82, 2.24) is 15.5 Å². The van der Waals surface area contributed by atoms with E-state index in [0.29, 0.717) is 5.82 Å². The number of anilines is 2. The largest absolute Gasteiger partial charge is 0.380 e. The standard InChI is InChI=1S/C8H12BrN5.ClH/c9-7-5-6(8(10)13-12-7)14-3-1-11-2-4-14;/h5,11H,1-4H2,(H2,10,13);1H. The van der Waals surface area contributed by atoms with Crippen molar-refractivity contribution in [1.29, 1.82) is 0 Å². The number of hydrogen-bond acceptors (Lipinski definition) is 5.